The number of anilines is 4. The number of methoxy groups -OCH3 is 2. The van der Waals surface area contributed by atoms with Crippen molar-refractivity contribution in [3.63, 3.8) is 0 Å². The van der Waals surface area contributed by atoms with E-state index in [9.17, 15) is 0 Å². The fraction of sp³-hybridized carbons (Fsp3) is 0.0769. The van der Waals surface area contributed by atoms with Crippen LogP contribution in [0.2, 0.25) is 0 Å². The molecule has 2 N–H and O–H groups in total. The van der Waals surface area contributed by atoms with Crippen LogP contribution in [0.3, 0.4) is 0 Å². The van der Waals surface area contributed by atoms with Crippen LogP contribution in [-0.2, 0) is 0 Å². The van der Waals surface area contributed by atoms with Gasteiger partial charge in [0.05, 0.1) is 0 Å². The maximum atomic E-state index is 7.68. The van der Waals surface area contributed by atoms with E-state index in [0.29, 0.717) is 34.2 Å². The molecule has 1 aliphatic heterocycles. The topological polar surface area (TPSA) is 49.0 Å². The average molecular weight is 630 g/mol. The first kappa shape index (κ1) is 27.3. The zero-order valence-electron chi connectivity index (χ0n) is 20.5. The number of para-hydroxylation sites is 2. The molecule has 0 aromatic heterocycles. The Morgan fingerprint density at radius 3 is 1.11 bits per heavy atom. The summed E-state index contributed by atoms with van der Waals surface area (Å²) in [7, 11) is 3.20. The molecule has 4 aromatic carbocycles. The Hall–Kier alpha value is -2.30. The fourth-order valence-electron chi connectivity index (χ4n) is 4.51. The first-order valence-electron chi connectivity index (χ1n) is 11.6. The summed E-state index contributed by atoms with van der Waals surface area (Å²) in [5.41, 5.74) is 2.65. The molecule has 12 heteroatoms. The van der Waals surface area contributed by atoms with Gasteiger partial charge in [-0.2, -0.15) is 0 Å². The first-order chi connectivity index (χ1) is 18.1. The summed E-state index contributed by atoms with van der Waals surface area (Å²) in [6.45, 7) is 0. The molecule has 38 heavy (non-hydrogen) atoms. The molecule has 1 heterocycles. The summed E-state index contributed by atoms with van der Waals surface area (Å²) < 4.78 is 14.2. The van der Waals surface area contributed by atoms with Crippen LogP contribution in [0.15, 0.2) is 109 Å². The van der Waals surface area contributed by atoms with Gasteiger partial charge in [0.25, 0.3) is 0 Å². The van der Waals surface area contributed by atoms with Crippen LogP contribution in [-0.4, -0.2) is 14.2 Å². The van der Waals surface area contributed by atoms with E-state index in [0.717, 1.165) is 0 Å². The fourth-order valence-corrected chi connectivity index (χ4v) is 28.8. The Kier molecular flexibility index (Phi) is 6.97. The molecule has 5 rings (SSSR count). The summed E-state index contributed by atoms with van der Waals surface area (Å²) >= 11 is 30.7. The van der Waals surface area contributed by atoms with Crippen molar-refractivity contribution in [2.75, 3.05) is 33.3 Å². The van der Waals surface area contributed by atoms with Gasteiger partial charge in [-0.3, -0.25) is 0 Å². The van der Waals surface area contributed by atoms with E-state index in [1.807, 2.05) is 109 Å². The molecule has 0 unspecified atom stereocenters. The number of hydrogen-bond acceptors (Lipinski definition) is 6. The number of benzene rings is 4. The summed E-state index contributed by atoms with van der Waals surface area (Å²) in [6, 6.07) is 33.5. The standard InChI is InChI=1S/C26H26Cl4N4O2P2/c1-35-25-17-13-23(14-18-25)33-37(27,28,31-21-9-5-3-6-10-21)34(24-15-19-26(36-2)20-16-24)38(33,29,30)32-22-11-7-4-8-12-22/h3-20,31-32H,1-2H3. The molecule has 200 valence electrons. The average Bonchev–Trinajstić information content (AvgIpc) is 2.89. The summed E-state index contributed by atoms with van der Waals surface area (Å²) in [5, 5.41) is 6.85. The molecule has 1 aliphatic rings. The van der Waals surface area contributed by atoms with Crippen molar-refractivity contribution in [1.82, 2.24) is 0 Å². The third-order valence-corrected chi connectivity index (χ3v) is 22.2. The molecule has 0 spiro atoms. The Bertz CT molecular complexity index is 1300. The van der Waals surface area contributed by atoms with E-state index in [4.69, 9.17) is 54.4 Å². The maximum absolute atomic E-state index is 7.68. The predicted octanol–water partition coefficient (Wildman–Crippen LogP) is 10.5. The Labute approximate surface area is 241 Å². The molecular weight excluding hydrogens is 604 g/mol. The van der Waals surface area contributed by atoms with E-state index in [2.05, 4.69) is 10.2 Å². The van der Waals surface area contributed by atoms with Crippen LogP contribution >= 0.6 is 56.5 Å². The number of rotatable bonds is 8. The van der Waals surface area contributed by atoms with E-state index < -0.39 is 11.5 Å². The zero-order valence-corrected chi connectivity index (χ0v) is 25.3. The number of nitrogens with zero attached hydrogens (tertiary/aromatic N) is 2. The molecule has 0 atom stereocenters. The van der Waals surface area contributed by atoms with Crippen molar-refractivity contribution >= 4 is 79.2 Å². The van der Waals surface area contributed by atoms with Gasteiger partial charge in [0.15, 0.2) is 0 Å². The number of hydrogen-bond donors (Lipinski definition) is 2. The monoisotopic (exact) mass is 628 g/mol. The second kappa shape index (κ2) is 9.71. The van der Waals surface area contributed by atoms with Crippen molar-refractivity contribution in [3.8, 4) is 11.5 Å². The van der Waals surface area contributed by atoms with E-state index in [-0.39, 0.29) is 0 Å². The van der Waals surface area contributed by atoms with Crippen molar-refractivity contribution in [2.45, 2.75) is 0 Å². The summed E-state index contributed by atoms with van der Waals surface area (Å²) in [4.78, 5) is 0. The Balaban J connectivity index is 1.76. The zero-order chi connectivity index (χ0) is 27.1. The molecule has 0 bridgehead atoms. The van der Waals surface area contributed by atoms with Crippen LogP contribution in [0.5, 0.6) is 11.5 Å². The molecule has 6 nitrogen and oxygen atoms in total. The minimum atomic E-state index is -4.40. The predicted molar refractivity (Wildman–Crippen MR) is 168 cm³/mol. The van der Waals surface area contributed by atoms with Gasteiger partial charge in [-0.1, -0.05) is 0 Å². The van der Waals surface area contributed by atoms with Crippen molar-refractivity contribution < 1.29 is 9.47 Å². The minimum absolute atomic E-state index is 0.618. The van der Waals surface area contributed by atoms with Crippen LogP contribution < -0.4 is 28.5 Å². The Morgan fingerprint density at radius 1 is 0.500 bits per heavy atom. The SMILES string of the molecule is COc1ccc(N2P(Cl)(Cl)(Nc3ccccc3)N(c3ccc(OC)cc3)P2(Cl)(Cl)Nc2ccccc2)cc1. The van der Waals surface area contributed by atoms with Gasteiger partial charge in [0, 0.05) is 0 Å². The van der Waals surface area contributed by atoms with Gasteiger partial charge < -0.3 is 0 Å². The van der Waals surface area contributed by atoms with Gasteiger partial charge >= 0.3 is 243 Å². The third-order valence-electron chi connectivity index (χ3n) is 6.07. The van der Waals surface area contributed by atoms with Crippen molar-refractivity contribution in [1.29, 1.82) is 0 Å². The Morgan fingerprint density at radius 2 is 0.816 bits per heavy atom. The molecule has 0 radical (unpaired) electrons. The molecular formula is C26H26Cl4N4O2P2. The quantitative estimate of drug-likeness (QED) is 0.189. The van der Waals surface area contributed by atoms with Crippen LogP contribution in [0, 0.1) is 0 Å². The molecule has 1 saturated heterocycles. The molecule has 0 saturated carbocycles. The van der Waals surface area contributed by atoms with E-state index >= 15 is 0 Å². The van der Waals surface area contributed by atoms with Gasteiger partial charge in [0.1, 0.15) is 0 Å². The number of nitrogens with one attached hydrogen (secondary N) is 2. The molecule has 0 aliphatic carbocycles. The van der Waals surface area contributed by atoms with Gasteiger partial charge in [-0.15, -0.1) is 0 Å². The van der Waals surface area contributed by atoms with Crippen LogP contribution in [0.4, 0.5) is 22.7 Å². The molecule has 1 fully saturated rings. The number of halogens is 4. The summed E-state index contributed by atoms with van der Waals surface area (Å²) in [6.07, 6.45) is 0. The summed E-state index contributed by atoms with van der Waals surface area (Å²) in [5.74, 6) is -7.46. The number of ether oxygens (including phenoxy) is 2. The van der Waals surface area contributed by atoms with Crippen LogP contribution in [0.1, 0.15) is 0 Å². The van der Waals surface area contributed by atoms with Crippen molar-refractivity contribution in [2.24, 2.45) is 0 Å². The van der Waals surface area contributed by atoms with Gasteiger partial charge in [-0.25, -0.2) is 0 Å². The van der Waals surface area contributed by atoms with E-state index in [1.54, 1.807) is 23.1 Å². The molecule has 0 amide bonds. The van der Waals surface area contributed by atoms with Gasteiger partial charge in [0.2, 0.25) is 0 Å². The normalized spacial score (nSPS) is 20.4. The molecule has 4 aromatic rings. The second-order valence-corrected chi connectivity index (χ2v) is 23.3. The third kappa shape index (κ3) is 4.48. The van der Waals surface area contributed by atoms with Crippen molar-refractivity contribution in [3.05, 3.63) is 109 Å². The van der Waals surface area contributed by atoms with Crippen LogP contribution in [0.25, 0.3) is 0 Å². The van der Waals surface area contributed by atoms with Gasteiger partial charge in [-0.05, 0) is 0 Å². The first-order valence-corrected chi connectivity index (χ1v) is 19.5. The van der Waals surface area contributed by atoms with E-state index in [1.165, 1.54) is 0 Å². The second-order valence-electron chi connectivity index (χ2n) is 8.58.